The Morgan fingerprint density at radius 3 is 2.33 bits per heavy atom. The lowest BCUT2D eigenvalue weighted by Crippen LogP contribution is -2.38. The number of nitrogens with zero attached hydrogens (tertiary/aromatic N) is 1. The van der Waals surface area contributed by atoms with Crippen molar-refractivity contribution >= 4 is 34.0 Å². The van der Waals surface area contributed by atoms with Crippen molar-refractivity contribution in [2.45, 2.75) is 26.7 Å². The van der Waals surface area contributed by atoms with E-state index in [9.17, 15) is 14.7 Å². The highest BCUT2D eigenvalue weighted by atomic mass is 16.5. The van der Waals surface area contributed by atoms with Gasteiger partial charge in [-0.25, -0.2) is 4.79 Å². The van der Waals surface area contributed by atoms with E-state index in [2.05, 4.69) is 5.32 Å². The quantitative estimate of drug-likeness (QED) is 0.285. The van der Waals surface area contributed by atoms with Gasteiger partial charge in [0.1, 0.15) is 5.75 Å². The summed E-state index contributed by atoms with van der Waals surface area (Å²) in [5.41, 5.74) is 4.92. The van der Waals surface area contributed by atoms with Crippen molar-refractivity contribution in [3.05, 3.63) is 101 Å². The third-order valence-electron chi connectivity index (χ3n) is 6.67. The van der Waals surface area contributed by atoms with Crippen LogP contribution in [0.1, 0.15) is 39.9 Å². The van der Waals surface area contributed by atoms with Gasteiger partial charge < -0.3 is 15.2 Å². The zero-order valence-electron chi connectivity index (χ0n) is 20.9. The van der Waals surface area contributed by atoms with Crippen LogP contribution < -0.4 is 15.0 Å². The van der Waals surface area contributed by atoms with Gasteiger partial charge in [-0.3, -0.25) is 9.69 Å². The Kier molecular flexibility index (Phi) is 7.25. The molecule has 1 atom stereocenters. The third kappa shape index (κ3) is 5.18. The van der Waals surface area contributed by atoms with E-state index >= 15 is 0 Å². The minimum absolute atomic E-state index is 0.0938. The lowest BCUT2D eigenvalue weighted by molar-refractivity contribution is -0.119. The van der Waals surface area contributed by atoms with Crippen molar-refractivity contribution in [2.75, 3.05) is 24.0 Å². The molecular formula is C30H30N2O4. The molecule has 0 aliphatic carbocycles. The van der Waals surface area contributed by atoms with E-state index < -0.39 is 11.9 Å². The van der Waals surface area contributed by atoms with Crippen LogP contribution in [0.15, 0.2) is 78.9 Å². The zero-order chi connectivity index (χ0) is 25.8. The zero-order valence-corrected chi connectivity index (χ0v) is 20.9. The van der Waals surface area contributed by atoms with Crippen LogP contribution >= 0.6 is 0 Å². The lowest BCUT2D eigenvalue weighted by Gasteiger charge is -2.27. The van der Waals surface area contributed by atoms with E-state index in [-0.39, 0.29) is 18.1 Å². The standard InChI is InChI=1S/C30H30N2O4/c1-19-6-5-7-28(20(19)2)31-18-32(26-13-10-22(11-14-26)30(34)35)29(33)21(3)23-8-9-25-17-27(36-4)15-12-24(25)16-23/h5-17,21,31H,18H2,1-4H3,(H,34,35). The third-order valence-corrected chi connectivity index (χ3v) is 6.67. The molecule has 0 radical (unpaired) electrons. The molecule has 1 amide bonds. The van der Waals surface area contributed by atoms with Crippen LogP contribution in [0, 0.1) is 13.8 Å². The molecule has 0 fully saturated rings. The normalized spacial score (nSPS) is 11.7. The number of amides is 1. The number of carboxylic acids is 1. The van der Waals surface area contributed by atoms with Gasteiger partial charge >= 0.3 is 5.97 Å². The van der Waals surface area contributed by atoms with E-state index in [1.807, 2.05) is 75.4 Å². The van der Waals surface area contributed by atoms with Crippen LogP contribution in [0.5, 0.6) is 5.75 Å². The van der Waals surface area contributed by atoms with Gasteiger partial charge in [-0.15, -0.1) is 0 Å². The van der Waals surface area contributed by atoms with Crippen LogP contribution in [0.2, 0.25) is 0 Å². The molecule has 0 heterocycles. The number of hydrogen-bond donors (Lipinski definition) is 2. The molecule has 184 valence electrons. The second-order valence-electron chi connectivity index (χ2n) is 8.89. The Balaban J connectivity index is 1.65. The fourth-order valence-electron chi connectivity index (χ4n) is 4.20. The minimum atomic E-state index is -1.01. The Morgan fingerprint density at radius 1 is 0.944 bits per heavy atom. The van der Waals surface area contributed by atoms with Crippen LogP contribution in [0.25, 0.3) is 10.8 Å². The molecule has 4 aromatic carbocycles. The first-order valence-electron chi connectivity index (χ1n) is 11.8. The number of carbonyl (C=O) groups excluding carboxylic acids is 1. The molecule has 0 aliphatic heterocycles. The highest BCUT2D eigenvalue weighted by molar-refractivity contribution is 5.99. The van der Waals surface area contributed by atoms with Gasteiger partial charge in [0.25, 0.3) is 0 Å². The monoisotopic (exact) mass is 482 g/mol. The van der Waals surface area contributed by atoms with Gasteiger partial charge in [0.2, 0.25) is 5.91 Å². The summed E-state index contributed by atoms with van der Waals surface area (Å²) >= 11 is 0. The van der Waals surface area contributed by atoms with Gasteiger partial charge in [0.15, 0.2) is 0 Å². The second kappa shape index (κ2) is 10.5. The Labute approximate surface area is 211 Å². The summed E-state index contributed by atoms with van der Waals surface area (Å²) in [5.74, 6) is -0.734. The fraction of sp³-hybridized carbons (Fsp3) is 0.200. The maximum Gasteiger partial charge on any atom is 0.335 e. The molecule has 4 aromatic rings. The SMILES string of the molecule is COc1ccc2cc(C(C)C(=O)N(CNc3cccc(C)c3C)c3ccc(C(=O)O)cc3)ccc2c1. The minimum Gasteiger partial charge on any atom is -0.497 e. The molecule has 0 spiro atoms. The molecule has 0 aromatic heterocycles. The van der Waals surface area contributed by atoms with Crippen molar-refractivity contribution in [3.63, 3.8) is 0 Å². The Bertz CT molecular complexity index is 1410. The maximum atomic E-state index is 13.8. The highest BCUT2D eigenvalue weighted by Crippen LogP contribution is 2.28. The molecule has 0 aliphatic rings. The number of fused-ring (bicyclic) bond motifs is 1. The van der Waals surface area contributed by atoms with Gasteiger partial charge in [-0.2, -0.15) is 0 Å². The first-order chi connectivity index (χ1) is 17.3. The first-order valence-corrected chi connectivity index (χ1v) is 11.8. The number of rotatable bonds is 8. The maximum absolute atomic E-state index is 13.8. The van der Waals surface area contributed by atoms with Crippen molar-refractivity contribution in [3.8, 4) is 5.75 Å². The topological polar surface area (TPSA) is 78.9 Å². The van der Waals surface area contributed by atoms with E-state index in [0.717, 1.165) is 38.9 Å². The summed E-state index contributed by atoms with van der Waals surface area (Å²) in [6.07, 6.45) is 0. The number of aromatic carboxylic acids is 1. The fourth-order valence-corrected chi connectivity index (χ4v) is 4.20. The molecule has 6 nitrogen and oxygen atoms in total. The second-order valence-corrected chi connectivity index (χ2v) is 8.89. The molecule has 0 bridgehead atoms. The van der Waals surface area contributed by atoms with Crippen molar-refractivity contribution in [2.24, 2.45) is 0 Å². The summed E-state index contributed by atoms with van der Waals surface area (Å²) in [5, 5.41) is 14.7. The summed E-state index contributed by atoms with van der Waals surface area (Å²) in [6.45, 7) is 6.22. The molecule has 2 N–H and O–H groups in total. The van der Waals surface area contributed by atoms with Crippen LogP contribution in [0.3, 0.4) is 0 Å². The molecule has 0 saturated heterocycles. The number of nitrogens with one attached hydrogen (secondary N) is 1. The van der Waals surface area contributed by atoms with E-state index in [0.29, 0.717) is 5.69 Å². The van der Waals surface area contributed by atoms with Crippen molar-refractivity contribution in [1.82, 2.24) is 0 Å². The number of ether oxygens (including phenoxy) is 1. The van der Waals surface area contributed by atoms with Crippen LogP contribution in [-0.2, 0) is 4.79 Å². The summed E-state index contributed by atoms with van der Waals surface area (Å²) in [7, 11) is 1.64. The molecule has 4 rings (SSSR count). The van der Waals surface area contributed by atoms with Crippen molar-refractivity contribution < 1.29 is 19.4 Å². The van der Waals surface area contributed by atoms with Gasteiger partial charge in [-0.05, 0) is 90.7 Å². The van der Waals surface area contributed by atoms with Crippen LogP contribution in [0.4, 0.5) is 11.4 Å². The van der Waals surface area contributed by atoms with Crippen LogP contribution in [-0.4, -0.2) is 30.8 Å². The smallest absolute Gasteiger partial charge is 0.335 e. The predicted molar refractivity (Wildman–Crippen MR) is 144 cm³/mol. The summed E-state index contributed by atoms with van der Waals surface area (Å²) < 4.78 is 5.32. The number of benzene rings is 4. The molecule has 0 saturated carbocycles. The molecular weight excluding hydrogens is 452 g/mol. The van der Waals surface area contributed by atoms with Gasteiger partial charge in [0.05, 0.1) is 25.3 Å². The number of anilines is 2. The summed E-state index contributed by atoms with van der Waals surface area (Å²) in [6, 6.07) is 24.2. The number of aryl methyl sites for hydroxylation is 1. The average Bonchev–Trinajstić information content (AvgIpc) is 2.90. The van der Waals surface area contributed by atoms with E-state index in [1.165, 1.54) is 12.1 Å². The molecule has 6 heteroatoms. The number of hydrogen-bond acceptors (Lipinski definition) is 4. The molecule has 36 heavy (non-hydrogen) atoms. The largest absolute Gasteiger partial charge is 0.497 e. The Morgan fingerprint density at radius 2 is 1.64 bits per heavy atom. The lowest BCUT2D eigenvalue weighted by atomic mass is 9.96. The van der Waals surface area contributed by atoms with Gasteiger partial charge in [-0.1, -0.05) is 36.4 Å². The number of carboxylic acid groups (broad SMARTS) is 1. The molecule has 1 unspecified atom stereocenters. The Hall–Kier alpha value is -4.32. The van der Waals surface area contributed by atoms with E-state index in [1.54, 1.807) is 24.1 Å². The number of methoxy groups -OCH3 is 1. The summed E-state index contributed by atoms with van der Waals surface area (Å²) in [4.78, 5) is 26.8. The first kappa shape index (κ1) is 24.8. The number of carbonyl (C=O) groups is 2. The van der Waals surface area contributed by atoms with Crippen molar-refractivity contribution in [1.29, 1.82) is 0 Å². The van der Waals surface area contributed by atoms with Gasteiger partial charge in [0, 0.05) is 11.4 Å². The average molecular weight is 483 g/mol. The predicted octanol–water partition coefficient (Wildman–Crippen LogP) is 6.37. The highest BCUT2D eigenvalue weighted by Gasteiger charge is 2.24. The van der Waals surface area contributed by atoms with E-state index in [4.69, 9.17) is 4.74 Å².